The summed E-state index contributed by atoms with van der Waals surface area (Å²) in [7, 11) is 1.80. The molecule has 2 aliphatic rings. The first kappa shape index (κ1) is 9.44. The number of methoxy groups -OCH3 is 1. The summed E-state index contributed by atoms with van der Waals surface area (Å²) in [6.07, 6.45) is 5.16. The molecule has 0 radical (unpaired) electrons. The standard InChI is InChI=1S/C10H19NO2/c1-12-9-4-2-3-5-10(9)8-11-6-7-13-10/h9,11H,2-8H2,1H3. The van der Waals surface area contributed by atoms with Gasteiger partial charge >= 0.3 is 0 Å². The van der Waals surface area contributed by atoms with Crippen molar-refractivity contribution in [2.75, 3.05) is 26.8 Å². The lowest BCUT2D eigenvalue weighted by Gasteiger charge is -2.45. The van der Waals surface area contributed by atoms with E-state index in [4.69, 9.17) is 9.47 Å². The summed E-state index contributed by atoms with van der Waals surface area (Å²) in [6.45, 7) is 2.78. The molecule has 1 aliphatic heterocycles. The normalized spacial score (nSPS) is 40.8. The van der Waals surface area contributed by atoms with Crippen molar-refractivity contribution in [2.24, 2.45) is 0 Å². The highest BCUT2D eigenvalue weighted by Crippen LogP contribution is 2.34. The van der Waals surface area contributed by atoms with Crippen LogP contribution in [-0.2, 0) is 9.47 Å². The zero-order valence-corrected chi connectivity index (χ0v) is 8.34. The summed E-state index contributed by atoms with van der Waals surface area (Å²) in [5.74, 6) is 0. The van der Waals surface area contributed by atoms with E-state index in [-0.39, 0.29) is 5.60 Å². The maximum atomic E-state index is 5.92. The van der Waals surface area contributed by atoms with Crippen molar-refractivity contribution in [3.63, 3.8) is 0 Å². The van der Waals surface area contributed by atoms with Crippen molar-refractivity contribution in [3.8, 4) is 0 Å². The highest BCUT2D eigenvalue weighted by atomic mass is 16.5. The minimum atomic E-state index is -0.00868. The molecule has 1 saturated heterocycles. The lowest BCUT2D eigenvalue weighted by Crippen LogP contribution is -2.58. The largest absolute Gasteiger partial charge is 0.378 e. The third-order valence-electron chi connectivity index (χ3n) is 3.28. The molecule has 2 rings (SSSR count). The van der Waals surface area contributed by atoms with Crippen LogP contribution in [0.4, 0.5) is 0 Å². The number of ether oxygens (including phenoxy) is 2. The Balaban J connectivity index is 2.06. The molecule has 13 heavy (non-hydrogen) atoms. The Labute approximate surface area is 79.8 Å². The highest BCUT2D eigenvalue weighted by Gasteiger charge is 2.43. The summed E-state index contributed by atoms with van der Waals surface area (Å²) in [5, 5.41) is 3.40. The molecule has 0 bridgehead atoms. The van der Waals surface area contributed by atoms with E-state index in [2.05, 4.69) is 5.32 Å². The van der Waals surface area contributed by atoms with E-state index >= 15 is 0 Å². The molecule has 3 heteroatoms. The van der Waals surface area contributed by atoms with E-state index in [0.29, 0.717) is 6.10 Å². The van der Waals surface area contributed by atoms with Gasteiger partial charge in [-0.2, -0.15) is 0 Å². The molecular weight excluding hydrogens is 166 g/mol. The minimum Gasteiger partial charge on any atom is -0.378 e. The van der Waals surface area contributed by atoms with Gasteiger partial charge in [-0.25, -0.2) is 0 Å². The zero-order chi connectivity index (χ0) is 9.15. The predicted octanol–water partition coefficient (Wildman–Crippen LogP) is 0.934. The van der Waals surface area contributed by atoms with Crippen LogP contribution in [0.1, 0.15) is 25.7 Å². The van der Waals surface area contributed by atoms with Crippen molar-refractivity contribution >= 4 is 0 Å². The van der Waals surface area contributed by atoms with Gasteiger partial charge in [0.1, 0.15) is 5.60 Å². The van der Waals surface area contributed by atoms with Gasteiger partial charge in [0.15, 0.2) is 0 Å². The van der Waals surface area contributed by atoms with Crippen molar-refractivity contribution < 1.29 is 9.47 Å². The van der Waals surface area contributed by atoms with Gasteiger partial charge in [0.05, 0.1) is 12.7 Å². The summed E-state index contributed by atoms with van der Waals surface area (Å²) < 4.78 is 11.4. The van der Waals surface area contributed by atoms with Crippen molar-refractivity contribution in [1.29, 1.82) is 0 Å². The molecule has 0 amide bonds. The van der Waals surface area contributed by atoms with Crippen LogP contribution in [0.3, 0.4) is 0 Å². The Hall–Kier alpha value is -0.120. The maximum absolute atomic E-state index is 5.92. The number of rotatable bonds is 1. The molecule has 2 atom stereocenters. The van der Waals surface area contributed by atoms with E-state index in [1.807, 2.05) is 0 Å². The van der Waals surface area contributed by atoms with Crippen LogP contribution in [0.15, 0.2) is 0 Å². The Morgan fingerprint density at radius 2 is 2.38 bits per heavy atom. The number of nitrogens with one attached hydrogen (secondary N) is 1. The first-order chi connectivity index (χ1) is 6.37. The van der Waals surface area contributed by atoms with Crippen LogP contribution in [0, 0.1) is 0 Å². The molecule has 1 spiro atoms. The van der Waals surface area contributed by atoms with Gasteiger partial charge < -0.3 is 14.8 Å². The van der Waals surface area contributed by atoms with Crippen LogP contribution in [0.25, 0.3) is 0 Å². The van der Waals surface area contributed by atoms with E-state index in [0.717, 1.165) is 32.5 Å². The van der Waals surface area contributed by atoms with Gasteiger partial charge in [-0.1, -0.05) is 12.8 Å². The Bertz CT molecular complexity index is 158. The maximum Gasteiger partial charge on any atom is 0.107 e. The van der Waals surface area contributed by atoms with Crippen molar-refractivity contribution in [3.05, 3.63) is 0 Å². The van der Waals surface area contributed by atoms with E-state index in [1.54, 1.807) is 7.11 Å². The third kappa shape index (κ3) is 1.73. The van der Waals surface area contributed by atoms with Gasteiger partial charge in [0, 0.05) is 20.2 Å². The molecule has 1 aliphatic carbocycles. The minimum absolute atomic E-state index is 0.00868. The molecule has 2 unspecified atom stereocenters. The zero-order valence-electron chi connectivity index (χ0n) is 8.34. The van der Waals surface area contributed by atoms with Crippen LogP contribution >= 0.6 is 0 Å². The van der Waals surface area contributed by atoms with E-state index in [1.165, 1.54) is 12.8 Å². The van der Waals surface area contributed by atoms with Crippen LogP contribution in [0.2, 0.25) is 0 Å². The number of hydrogen-bond donors (Lipinski definition) is 1. The molecule has 3 nitrogen and oxygen atoms in total. The van der Waals surface area contributed by atoms with Gasteiger partial charge in [-0.15, -0.1) is 0 Å². The quantitative estimate of drug-likeness (QED) is 0.659. The second-order valence-corrected chi connectivity index (χ2v) is 4.06. The van der Waals surface area contributed by atoms with Crippen molar-refractivity contribution in [1.82, 2.24) is 5.32 Å². The Morgan fingerprint density at radius 1 is 1.46 bits per heavy atom. The fraction of sp³-hybridized carbons (Fsp3) is 1.00. The fourth-order valence-electron chi connectivity index (χ4n) is 2.56. The Morgan fingerprint density at radius 3 is 3.08 bits per heavy atom. The molecule has 1 saturated carbocycles. The van der Waals surface area contributed by atoms with Gasteiger partial charge in [0.25, 0.3) is 0 Å². The second kappa shape index (κ2) is 3.95. The van der Waals surface area contributed by atoms with Crippen LogP contribution in [0.5, 0.6) is 0 Å². The summed E-state index contributed by atoms with van der Waals surface area (Å²) in [6, 6.07) is 0. The molecular formula is C10H19NO2. The Kier molecular flexibility index (Phi) is 2.86. The summed E-state index contributed by atoms with van der Waals surface area (Å²) >= 11 is 0. The predicted molar refractivity (Wildman–Crippen MR) is 50.8 cm³/mol. The molecule has 1 N–H and O–H groups in total. The number of morpholine rings is 1. The third-order valence-corrected chi connectivity index (χ3v) is 3.28. The molecule has 76 valence electrons. The van der Waals surface area contributed by atoms with Gasteiger partial charge in [0.2, 0.25) is 0 Å². The lowest BCUT2D eigenvalue weighted by atomic mass is 9.81. The first-order valence-electron chi connectivity index (χ1n) is 5.25. The fourth-order valence-corrected chi connectivity index (χ4v) is 2.56. The van der Waals surface area contributed by atoms with Gasteiger partial charge in [-0.05, 0) is 12.8 Å². The molecule has 0 aromatic rings. The van der Waals surface area contributed by atoms with Gasteiger partial charge in [-0.3, -0.25) is 0 Å². The van der Waals surface area contributed by atoms with Crippen molar-refractivity contribution in [2.45, 2.75) is 37.4 Å². The molecule has 1 heterocycles. The smallest absolute Gasteiger partial charge is 0.107 e. The topological polar surface area (TPSA) is 30.5 Å². The first-order valence-corrected chi connectivity index (χ1v) is 5.25. The molecule has 0 aromatic carbocycles. The molecule has 2 fully saturated rings. The average Bonchev–Trinajstić information content (AvgIpc) is 2.20. The lowest BCUT2D eigenvalue weighted by molar-refractivity contribution is -0.165. The monoisotopic (exact) mass is 185 g/mol. The van der Waals surface area contributed by atoms with Crippen LogP contribution in [-0.4, -0.2) is 38.5 Å². The number of hydrogen-bond acceptors (Lipinski definition) is 3. The van der Waals surface area contributed by atoms with E-state index in [9.17, 15) is 0 Å². The SMILES string of the molecule is COC1CCCCC12CNCCO2. The highest BCUT2D eigenvalue weighted by molar-refractivity contribution is 4.96. The van der Waals surface area contributed by atoms with E-state index < -0.39 is 0 Å². The summed E-state index contributed by atoms with van der Waals surface area (Å²) in [4.78, 5) is 0. The summed E-state index contributed by atoms with van der Waals surface area (Å²) in [5.41, 5.74) is -0.00868. The van der Waals surface area contributed by atoms with Crippen LogP contribution < -0.4 is 5.32 Å². The molecule has 0 aromatic heterocycles. The average molecular weight is 185 g/mol. The second-order valence-electron chi connectivity index (χ2n) is 4.06.